The minimum Gasteiger partial charge on any atom is -0.481 e. The highest BCUT2D eigenvalue weighted by atomic mass is 16.5. The molecule has 2 aliphatic heterocycles. The van der Waals surface area contributed by atoms with E-state index in [0.29, 0.717) is 6.54 Å². The number of carboxylic acids is 1. The summed E-state index contributed by atoms with van der Waals surface area (Å²) in [7, 11) is 0. The highest BCUT2D eigenvalue weighted by Crippen LogP contribution is 2.33. The lowest BCUT2D eigenvalue weighted by Crippen LogP contribution is -2.36. The number of hydrogen-bond acceptors (Lipinski definition) is 5. The molecule has 2 fully saturated rings. The zero-order chi connectivity index (χ0) is 18.6. The molecule has 0 saturated carbocycles. The Morgan fingerprint density at radius 1 is 1.15 bits per heavy atom. The van der Waals surface area contributed by atoms with Gasteiger partial charge in [-0.05, 0) is 29.8 Å². The Bertz CT molecular complexity index is 777. The first-order chi connectivity index (χ1) is 13.2. The fraction of sp³-hybridized carbons (Fsp3) is 0.429. The molecule has 2 saturated heterocycles. The highest BCUT2D eigenvalue weighted by molar-refractivity contribution is 5.72. The van der Waals surface area contributed by atoms with Crippen LogP contribution in [0.25, 0.3) is 0 Å². The molecule has 4 rings (SSSR count). The zero-order valence-electron chi connectivity index (χ0n) is 15.3. The Morgan fingerprint density at radius 3 is 2.74 bits per heavy atom. The molecule has 1 aromatic heterocycles. The Balaban J connectivity index is 1.47. The van der Waals surface area contributed by atoms with Crippen LogP contribution in [0.5, 0.6) is 0 Å². The van der Waals surface area contributed by atoms with Crippen LogP contribution in [0.3, 0.4) is 0 Å². The van der Waals surface area contributed by atoms with E-state index in [0.717, 1.165) is 45.1 Å². The van der Waals surface area contributed by atoms with Crippen LogP contribution in [0.1, 0.15) is 17.2 Å². The monoisotopic (exact) mass is 367 g/mol. The summed E-state index contributed by atoms with van der Waals surface area (Å²) < 4.78 is 5.44. The van der Waals surface area contributed by atoms with E-state index in [1.807, 2.05) is 18.2 Å². The predicted octanol–water partition coefficient (Wildman–Crippen LogP) is 2.22. The van der Waals surface area contributed by atoms with Crippen LogP contribution in [-0.2, 0) is 16.1 Å². The fourth-order valence-corrected chi connectivity index (χ4v) is 4.09. The van der Waals surface area contributed by atoms with Gasteiger partial charge in [0.05, 0.1) is 19.1 Å². The third kappa shape index (κ3) is 4.12. The predicted molar refractivity (Wildman–Crippen MR) is 103 cm³/mol. The number of anilines is 1. The van der Waals surface area contributed by atoms with Gasteiger partial charge in [0, 0.05) is 56.2 Å². The Kier molecular flexibility index (Phi) is 5.36. The SMILES string of the molecule is O=C(O)[C@@H]1CN(Cc2cccc(N3CCOCC3)c2)C[C@H]1c1ccccn1. The van der Waals surface area contributed by atoms with Crippen LogP contribution in [-0.4, -0.2) is 60.4 Å². The summed E-state index contributed by atoms with van der Waals surface area (Å²) in [6, 6.07) is 14.3. The molecule has 1 aromatic carbocycles. The number of rotatable bonds is 5. The lowest BCUT2D eigenvalue weighted by molar-refractivity contribution is -0.141. The lowest BCUT2D eigenvalue weighted by atomic mass is 9.93. The first-order valence-electron chi connectivity index (χ1n) is 9.48. The molecule has 2 aromatic rings. The molecule has 0 unspecified atom stereocenters. The molecule has 142 valence electrons. The van der Waals surface area contributed by atoms with Crippen LogP contribution in [0.2, 0.25) is 0 Å². The van der Waals surface area contributed by atoms with E-state index in [1.54, 1.807) is 6.20 Å². The molecule has 2 atom stereocenters. The van der Waals surface area contributed by atoms with Gasteiger partial charge in [0.2, 0.25) is 0 Å². The molecular weight excluding hydrogens is 342 g/mol. The Morgan fingerprint density at radius 2 is 2.00 bits per heavy atom. The number of pyridine rings is 1. The number of nitrogens with zero attached hydrogens (tertiary/aromatic N) is 3. The number of morpholine rings is 1. The van der Waals surface area contributed by atoms with Crippen molar-refractivity contribution in [1.29, 1.82) is 0 Å². The number of likely N-dealkylation sites (tertiary alicyclic amines) is 1. The number of benzene rings is 1. The van der Waals surface area contributed by atoms with E-state index < -0.39 is 11.9 Å². The first-order valence-corrected chi connectivity index (χ1v) is 9.48. The summed E-state index contributed by atoms with van der Waals surface area (Å²) in [6.45, 7) is 5.39. The van der Waals surface area contributed by atoms with E-state index in [2.05, 4.69) is 39.0 Å². The maximum Gasteiger partial charge on any atom is 0.308 e. The smallest absolute Gasteiger partial charge is 0.308 e. The van der Waals surface area contributed by atoms with Crippen LogP contribution < -0.4 is 4.90 Å². The molecule has 0 aliphatic carbocycles. The molecule has 2 aliphatic rings. The van der Waals surface area contributed by atoms with E-state index >= 15 is 0 Å². The molecule has 0 bridgehead atoms. The summed E-state index contributed by atoms with van der Waals surface area (Å²) in [5.74, 6) is -1.22. The maximum absolute atomic E-state index is 11.8. The van der Waals surface area contributed by atoms with Gasteiger partial charge in [-0.15, -0.1) is 0 Å². The highest BCUT2D eigenvalue weighted by Gasteiger charge is 2.39. The number of ether oxygens (including phenoxy) is 1. The second-order valence-electron chi connectivity index (χ2n) is 7.27. The Hall–Kier alpha value is -2.44. The molecule has 0 spiro atoms. The van der Waals surface area contributed by atoms with Crippen molar-refractivity contribution in [3.8, 4) is 0 Å². The number of hydrogen-bond donors (Lipinski definition) is 1. The maximum atomic E-state index is 11.8. The average molecular weight is 367 g/mol. The molecule has 1 N–H and O–H groups in total. The van der Waals surface area contributed by atoms with Gasteiger partial charge in [0.15, 0.2) is 0 Å². The number of aliphatic carboxylic acids is 1. The normalized spacial score (nSPS) is 23.5. The van der Waals surface area contributed by atoms with Gasteiger partial charge in [0.25, 0.3) is 0 Å². The van der Waals surface area contributed by atoms with Crippen molar-refractivity contribution in [3.05, 3.63) is 59.9 Å². The summed E-state index contributed by atoms with van der Waals surface area (Å²) in [6.07, 6.45) is 1.74. The summed E-state index contributed by atoms with van der Waals surface area (Å²) in [5.41, 5.74) is 3.30. The number of carboxylic acid groups (broad SMARTS) is 1. The van der Waals surface area contributed by atoms with Crippen molar-refractivity contribution in [3.63, 3.8) is 0 Å². The lowest BCUT2D eigenvalue weighted by Gasteiger charge is -2.29. The first kappa shape index (κ1) is 17.9. The van der Waals surface area contributed by atoms with Gasteiger partial charge in [-0.25, -0.2) is 0 Å². The quantitative estimate of drug-likeness (QED) is 0.874. The molecule has 27 heavy (non-hydrogen) atoms. The van der Waals surface area contributed by atoms with E-state index in [9.17, 15) is 9.90 Å². The molecule has 3 heterocycles. The number of carbonyl (C=O) groups is 1. The van der Waals surface area contributed by atoms with Crippen LogP contribution in [0, 0.1) is 5.92 Å². The minimum atomic E-state index is -0.741. The number of aromatic nitrogens is 1. The van der Waals surface area contributed by atoms with Gasteiger partial charge in [0.1, 0.15) is 0 Å². The third-order valence-corrected chi connectivity index (χ3v) is 5.47. The van der Waals surface area contributed by atoms with E-state index in [-0.39, 0.29) is 5.92 Å². The zero-order valence-corrected chi connectivity index (χ0v) is 15.3. The molecular formula is C21H25N3O3. The second-order valence-corrected chi connectivity index (χ2v) is 7.27. The van der Waals surface area contributed by atoms with Gasteiger partial charge in [-0.2, -0.15) is 0 Å². The van der Waals surface area contributed by atoms with Gasteiger partial charge < -0.3 is 14.7 Å². The molecule has 6 nitrogen and oxygen atoms in total. The summed E-state index contributed by atoms with van der Waals surface area (Å²) >= 11 is 0. The Labute approximate surface area is 159 Å². The standard InChI is InChI=1S/C21H25N3O3/c25-21(26)19-15-23(14-18(19)20-6-1-2-7-22-20)13-16-4-3-5-17(12-16)24-8-10-27-11-9-24/h1-7,12,18-19H,8-11,13-15H2,(H,25,26)/t18-,19-/m1/s1. The van der Waals surface area contributed by atoms with Gasteiger partial charge >= 0.3 is 5.97 Å². The van der Waals surface area contributed by atoms with E-state index in [1.165, 1.54) is 11.3 Å². The van der Waals surface area contributed by atoms with Gasteiger partial charge in [-0.3, -0.25) is 14.7 Å². The van der Waals surface area contributed by atoms with Crippen molar-refractivity contribution >= 4 is 11.7 Å². The molecule has 6 heteroatoms. The second kappa shape index (κ2) is 8.06. The van der Waals surface area contributed by atoms with Crippen LogP contribution in [0.15, 0.2) is 48.7 Å². The summed E-state index contributed by atoms with van der Waals surface area (Å²) in [4.78, 5) is 20.7. The van der Waals surface area contributed by atoms with Gasteiger partial charge in [-0.1, -0.05) is 18.2 Å². The van der Waals surface area contributed by atoms with Crippen LogP contribution >= 0.6 is 0 Å². The third-order valence-electron chi connectivity index (χ3n) is 5.47. The van der Waals surface area contributed by atoms with Crippen molar-refractivity contribution in [2.75, 3.05) is 44.3 Å². The molecule has 0 radical (unpaired) electrons. The van der Waals surface area contributed by atoms with Crippen LogP contribution in [0.4, 0.5) is 5.69 Å². The largest absolute Gasteiger partial charge is 0.481 e. The molecule has 0 amide bonds. The van der Waals surface area contributed by atoms with Crippen molar-refractivity contribution in [1.82, 2.24) is 9.88 Å². The average Bonchev–Trinajstić information content (AvgIpc) is 3.14. The topological polar surface area (TPSA) is 65.9 Å². The van der Waals surface area contributed by atoms with E-state index in [4.69, 9.17) is 4.74 Å². The van der Waals surface area contributed by atoms with Crippen molar-refractivity contribution in [2.24, 2.45) is 5.92 Å². The van der Waals surface area contributed by atoms with Crippen molar-refractivity contribution < 1.29 is 14.6 Å². The van der Waals surface area contributed by atoms with Crippen molar-refractivity contribution in [2.45, 2.75) is 12.5 Å². The summed E-state index contributed by atoms with van der Waals surface area (Å²) in [5, 5.41) is 9.67. The minimum absolute atomic E-state index is 0.0638. The fourth-order valence-electron chi connectivity index (χ4n) is 4.09.